The molecule has 0 bridgehead atoms. The second-order valence-electron chi connectivity index (χ2n) is 8.32. The third-order valence-electron chi connectivity index (χ3n) is 5.63. The molecular weight excluding hydrogens is 438 g/mol. The van der Waals surface area contributed by atoms with E-state index in [1.807, 2.05) is 26.0 Å². The number of sulfonamides is 1. The Hall–Kier alpha value is -3.30. The molecule has 2 heterocycles. The Morgan fingerprint density at radius 2 is 1.64 bits per heavy atom. The van der Waals surface area contributed by atoms with Gasteiger partial charge in [0.15, 0.2) is 5.82 Å². The molecule has 172 valence electrons. The Bertz CT molecular complexity index is 1280. The number of nitrogens with zero attached hydrogens (tertiary/aromatic N) is 4. The van der Waals surface area contributed by atoms with Crippen LogP contribution < -0.4 is 5.73 Å². The molecule has 0 radical (unpaired) electrons. The molecule has 0 unspecified atom stereocenters. The van der Waals surface area contributed by atoms with Crippen LogP contribution in [0.2, 0.25) is 0 Å². The van der Waals surface area contributed by atoms with Crippen LogP contribution in [0.1, 0.15) is 36.0 Å². The second kappa shape index (κ2) is 9.29. The van der Waals surface area contributed by atoms with Crippen molar-refractivity contribution in [2.24, 2.45) is 5.73 Å². The first-order valence-electron chi connectivity index (χ1n) is 10.9. The highest BCUT2D eigenvalue weighted by atomic mass is 32.2. The largest absolute Gasteiger partial charge is 0.366 e. The van der Waals surface area contributed by atoms with Gasteiger partial charge >= 0.3 is 0 Å². The van der Waals surface area contributed by atoms with Crippen LogP contribution in [0.5, 0.6) is 0 Å². The number of aryl methyl sites for hydroxylation is 2. The van der Waals surface area contributed by atoms with Gasteiger partial charge in [0, 0.05) is 24.9 Å². The summed E-state index contributed by atoms with van der Waals surface area (Å²) in [4.78, 5) is 16.7. The number of benzene rings is 2. The van der Waals surface area contributed by atoms with Crippen LogP contribution in [0, 0.1) is 13.8 Å². The van der Waals surface area contributed by atoms with E-state index in [2.05, 4.69) is 16.1 Å². The van der Waals surface area contributed by atoms with Gasteiger partial charge in [-0.2, -0.15) is 4.31 Å². The van der Waals surface area contributed by atoms with E-state index in [0.29, 0.717) is 24.5 Å². The standard InChI is InChI=1S/C24H27N5O3S/c1-17-12-18(2)14-20(13-17)24-26-16-28(27-24)15-22(23(25)30)19-6-8-21(9-7-19)33(31,32)29-10-4-3-5-11-29/h6-9,12-16H,3-5,10-11H2,1-2H3,(H2,25,30)/b22-15+. The number of carbonyl (C=O) groups excluding carboxylic acids is 1. The summed E-state index contributed by atoms with van der Waals surface area (Å²) >= 11 is 0. The van der Waals surface area contributed by atoms with Crippen LogP contribution in [0.4, 0.5) is 0 Å². The predicted octanol–water partition coefficient (Wildman–Crippen LogP) is 3.22. The average Bonchev–Trinajstić information content (AvgIpc) is 3.26. The summed E-state index contributed by atoms with van der Waals surface area (Å²) in [6, 6.07) is 12.3. The Labute approximate surface area is 193 Å². The van der Waals surface area contributed by atoms with Gasteiger partial charge in [-0.3, -0.25) is 4.79 Å². The molecule has 0 saturated carbocycles. The molecule has 8 nitrogen and oxygen atoms in total. The Balaban J connectivity index is 1.61. The van der Waals surface area contributed by atoms with Gasteiger partial charge in [-0.1, -0.05) is 35.7 Å². The van der Waals surface area contributed by atoms with Gasteiger partial charge in [0.05, 0.1) is 10.5 Å². The molecule has 0 spiro atoms. The monoisotopic (exact) mass is 465 g/mol. The zero-order chi connectivity index (χ0) is 23.6. The summed E-state index contributed by atoms with van der Waals surface area (Å²) < 4.78 is 28.7. The molecule has 9 heteroatoms. The Morgan fingerprint density at radius 3 is 2.24 bits per heavy atom. The highest BCUT2D eigenvalue weighted by Gasteiger charge is 2.26. The quantitative estimate of drug-likeness (QED) is 0.562. The van der Waals surface area contributed by atoms with Gasteiger partial charge in [0.1, 0.15) is 6.33 Å². The molecule has 1 aliphatic heterocycles. The number of rotatable bonds is 6. The zero-order valence-corrected chi connectivity index (χ0v) is 19.5. The fraction of sp³-hybridized carbons (Fsp3) is 0.292. The van der Waals surface area contributed by atoms with Crippen molar-refractivity contribution in [3.63, 3.8) is 0 Å². The molecule has 1 saturated heterocycles. The summed E-state index contributed by atoms with van der Waals surface area (Å²) in [5, 5.41) is 4.45. The molecule has 1 fully saturated rings. The lowest BCUT2D eigenvalue weighted by molar-refractivity contribution is -0.112. The van der Waals surface area contributed by atoms with Crippen LogP contribution in [0.25, 0.3) is 23.2 Å². The van der Waals surface area contributed by atoms with Crippen LogP contribution >= 0.6 is 0 Å². The summed E-state index contributed by atoms with van der Waals surface area (Å²) in [6.45, 7) is 5.08. The maximum absolute atomic E-state index is 12.9. The SMILES string of the molecule is Cc1cc(C)cc(-c2ncn(/C=C(/C(N)=O)c3ccc(S(=O)(=O)N4CCCCC4)cc3)n2)c1. The highest BCUT2D eigenvalue weighted by Crippen LogP contribution is 2.24. The maximum Gasteiger partial charge on any atom is 0.250 e. The lowest BCUT2D eigenvalue weighted by Crippen LogP contribution is -2.35. The third-order valence-corrected chi connectivity index (χ3v) is 7.55. The van der Waals surface area contributed by atoms with E-state index in [4.69, 9.17) is 5.73 Å². The number of hydrogen-bond acceptors (Lipinski definition) is 5. The van der Waals surface area contributed by atoms with Crippen molar-refractivity contribution in [1.82, 2.24) is 19.1 Å². The topological polar surface area (TPSA) is 111 Å². The van der Waals surface area contributed by atoms with Gasteiger partial charge in [0.2, 0.25) is 10.0 Å². The van der Waals surface area contributed by atoms with Crippen molar-refractivity contribution in [2.45, 2.75) is 38.0 Å². The minimum absolute atomic E-state index is 0.203. The number of nitrogens with two attached hydrogens (primary N) is 1. The fourth-order valence-electron chi connectivity index (χ4n) is 4.05. The Kier molecular flexibility index (Phi) is 6.44. The van der Waals surface area contributed by atoms with Crippen molar-refractivity contribution < 1.29 is 13.2 Å². The summed E-state index contributed by atoms with van der Waals surface area (Å²) in [5.74, 6) is -0.116. The van der Waals surface area contributed by atoms with Crippen molar-refractivity contribution >= 4 is 27.7 Å². The lowest BCUT2D eigenvalue weighted by Gasteiger charge is -2.25. The zero-order valence-electron chi connectivity index (χ0n) is 18.7. The van der Waals surface area contributed by atoms with Gasteiger partial charge in [-0.25, -0.2) is 18.1 Å². The van der Waals surface area contributed by atoms with Gasteiger partial charge < -0.3 is 5.73 Å². The van der Waals surface area contributed by atoms with Gasteiger partial charge in [-0.05, 0) is 56.5 Å². The normalized spacial score (nSPS) is 15.5. The number of carbonyl (C=O) groups is 1. The first kappa shape index (κ1) is 22.9. The number of aromatic nitrogens is 3. The predicted molar refractivity (Wildman–Crippen MR) is 127 cm³/mol. The van der Waals surface area contributed by atoms with E-state index < -0.39 is 15.9 Å². The first-order valence-corrected chi connectivity index (χ1v) is 12.3. The van der Waals surface area contributed by atoms with E-state index in [0.717, 1.165) is 36.0 Å². The Morgan fingerprint density at radius 1 is 1.00 bits per heavy atom. The maximum atomic E-state index is 12.9. The minimum Gasteiger partial charge on any atom is -0.366 e. The number of hydrogen-bond donors (Lipinski definition) is 1. The number of amides is 1. The molecule has 33 heavy (non-hydrogen) atoms. The fourth-order valence-corrected chi connectivity index (χ4v) is 5.56. The molecular formula is C24H27N5O3S. The van der Waals surface area contributed by atoms with Crippen LogP contribution in [0.3, 0.4) is 0 Å². The van der Waals surface area contributed by atoms with Crippen molar-refractivity contribution in [3.8, 4) is 11.4 Å². The molecule has 0 aliphatic carbocycles. The van der Waals surface area contributed by atoms with E-state index in [-0.39, 0.29) is 10.5 Å². The highest BCUT2D eigenvalue weighted by molar-refractivity contribution is 7.89. The first-order chi connectivity index (χ1) is 15.7. The van der Waals surface area contributed by atoms with Gasteiger partial charge in [-0.15, -0.1) is 5.10 Å². The van der Waals surface area contributed by atoms with E-state index in [1.165, 1.54) is 33.6 Å². The molecule has 1 aliphatic rings. The van der Waals surface area contributed by atoms with Crippen LogP contribution in [-0.2, 0) is 14.8 Å². The van der Waals surface area contributed by atoms with E-state index >= 15 is 0 Å². The molecule has 2 N–H and O–H groups in total. The van der Waals surface area contributed by atoms with Crippen molar-refractivity contribution in [1.29, 1.82) is 0 Å². The number of primary amides is 1. The smallest absolute Gasteiger partial charge is 0.250 e. The summed E-state index contributed by atoms with van der Waals surface area (Å²) in [7, 11) is -3.55. The van der Waals surface area contributed by atoms with Crippen LogP contribution in [-0.4, -0.2) is 46.5 Å². The lowest BCUT2D eigenvalue weighted by atomic mass is 10.1. The molecule has 1 aromatic heterocycles. The molecule has 0 atom stereocenters. The molecule has 1 amide bonds. The summed E-state index contributed by atoms with van der Waals surface area (Å²) in [6.07, 6.45) is 5.79. The second-order valence-corrected chi connectivity index (χ2v) is 10.3. The number of piperidine rings is 1. The molecule has 4 rings (SSSR count). The van der Waals surface area contributed by atoms with Crippen molar-refractivity contribution in [3.05, 3.63) is 65.5 Å². The van der Waals surface area contributed by atoms with Gasteiger partial charge in [0.25, 0.3) is 5.91 Å². The molecule has 3 aromatic rings. The van der Waals surface area contributed by atoms with Crippen molar-refractivity contribution in [2.75, 3.05) is 13.1 Å². The average molecular weight is 466 g/mol. The summed E-state index contributed by atoms with van der Waals surface area (Å²) in [5.41, 5.74) is 9.42. The third kappa shape index (κ3) is 5.04. The van der Waals surface area contributed by atoms with E-state index in [9.17, 15) is 13.2 Å². The minimum atomic E-state index is -3.55. The molecule has 2 aromatic carbocycles. The van der Waals surface area contributed by atoms with E-state index in [1.54, 1.807) is 12.1 Å². The van der Waals surface area contributed by atoms with Crippen LogP contribution in [0.15, 0.2) is 53.7 Å².